The Kier molecular flexibility index (Phi) is 16.7. The first-order chi connectivity index (χ1) is 21.2. The highest BCUT2D eigenvalue weighted by molar-refractivity contribution is 6.30. The molecular weight excluding hydrogens is 592 g/mol. The van der Waals surface area contributed by atoms with E-state index in [2.05, 4.69) is 36.0 Å². The summed E-state index contributed by atoms with van der Waals surface area (Å²) in [6, 6.07) is 11.6. The van der Waals surface area contributed by atoms with Gasteiger partial charge < -0.3 is 10.6 Å². The molecule has 0 aromatic heterocycles. The number of rotatable bonds is 12. The molecule has 0 aliphatic carbocycles. The van der Waals surface area contributed by atoms with Crippen molar-refractivity contribution >= 4 is 29.0 Å². The normalized spacial score (nSPS) is 14.3. The molecule has 1 heterocycles. The van der Waals surface area contributed by atoms with Gasteiger partial charge in [-0.25, -0.2) is 8.78 Å². The Balaban J connectivity index is 0.000000601. The van der Waals surface area contributed by atoms with E-state index in [0.717, 1.165) is 42.9 Å². The predicted molar refractivity (Wildman–Crippen MR) is 185 cm³/mol. The molecule has 0 spiro atoms. The standard InChI is InChI=1S/C25H38ClN3O2.C10H10F2.C2H6/c1-7-10-21(11-8-2)29-16-25(17-29,28-23(31)18(3)4)15-22(30)27-24(5,6)19-12-9-13-20(26)14-19;1-3-7(2)9-5-4-8(11)6-10(9)12;1-2/h9,12-14,21H,3,7-8,10-11,15-17H2,1-2,4-6H3,(H,27,30)(H,28,31);3-6H,1-2H3;1-2H3/b;7-3+;. The number of nitrogens with zero attached hydrogens (tertiary/aromatic N) is 1. The quantitative estimate of drug-likeness (QED) is 0.226. The van der Waals surface area contributed by atoms with Crippen LogP contribution in [0.2, 0.25) is 5.02 Å². The number of likely N-dealkylation sites (tertiary alicyclic amines) is 1. The van der Waals surface area contributed by atoms with Crippen LogP contribution >= 0.6 is 11.6 Å². The average molecular weight is 646 g/mol. The number of carbonyl (C=O) groups is 2. The number of hydrogen-bond donors (Lipinski definition) is 2. The third kappa shape index (κ3) is 12.4. The molecule has 2 amide bonds. The first-order valence-corrected chi connectivity index (χ1v) is 16.4. The lowest BCUT2D eigenvalue weighted by Crippen LogP contribution is -2.73. The van der Waals surface area contributed by atoms with Crippen LogP contribution in [0.4, 0.5) is 8.78 Å². The highest BCUT2D eigenvalue weighted by Gasteiger charge is 2.48. The summed E-state index contributed by atoms with van der Waals surface area (Å²) in [4.78, 5) is 27.9. The van der Waals surface area contributed by atoms with Gasteiger partial charge in [-0.05, 0) is 82.9 Å². The van der Waals surface area contributed by atoms with E-state index in [4.69, 9.17) is 11.6 Å². The lowest BCUT2D eigenvalue weighted by atomic mass is 9.82. The van der Waals surface area contributed by atoms with Crippen molar-refractivity contribution in [3.05, 3.63) is 88.5 Å². The molecule has 45 heavy (non-hydrogen) atoms. The summed E-state index contributed by atoms with van der Waals surface area (Å²) >= 11 is 6.14. The molecule has 3 rings (SSSR count). The van der Waals surface area contributed by atoms with Crippen molar-refractivity contribution in [1.29, 1.82) is 0 Å². The number of halogens is 3. The van der Waals surface area contributed by atoms with Gasteiger partial charge in [-0.2, -0.15) is 0 Å². The fourth-order valence-electron chi connectivity index (χ4n) is 5.36. The Bertz CT molecular complexity index is 1300. The van der Waals surface area contributed by atoms with Crippen LogP contribution in [-0.4, -0.2) is 41.4 Å². The Labute approximate surface area is 275 Å². The largest absolute Gasteiger partial charge is 0.347 e. The van der Waals surface area contributed by atoms with Gasteiger partial charge in [0.05, 0.1) is 17.5 Å². The molecule has 0 bridgehead atoms. The topological polar surface area (TPSA) is 61.4 Å². The Morgan fingerprint density at radius 1 is 1.07 bits per heavy atom. The number of allylic oxidation sites excluding steroid dienone is 2. The van der Waals surface area contributed by atoms with E-state index in [-0.39, 0.29) is 18.2 Å². The van der Waals surface area contributed by atoms with E-state index < -0.39 is 22.7 Å². The summed E-state index contributed by atoms with van der Waals surface area (Å²) in [6.45, 7) is 22.7. The number of amides is 2. The zero-order valence-electron chi connectivity index (χ0n) is 28.8. The molecule has 1 aliphatic rings. The maximum Gasteiger partial charge on any atom is 0.246 e. The first-order valence-electron chi connectivity index (χ1n) is 16.0. The lowest BCUT2D eigenvalue weighted by molar-refractivity contribution is -0.130. The molecular formula is C37H54ClF2N3O2. The smallest absolute Gasteiger partial charge is 0.246 e. The zero-order valence-corrected chi connectivity index (χ0v) is 29.5. The van der Waals surface area contributed by atoms with Crippen LogP contribution in [-0.2, 0) is 15.1 Å². The third-order valence-corrected chi connectivity index (χ3v) is 8.06. The van der Waals surface area contributed by atoms with Crippen LogP contribution in [0.1, 0.15) is 106 Å². The molecule has 1 fully saturated rings. The minimum Gasteiger partial charge on any atom is -0.347 e. The molecule has 0 saturated carbocycles. The van der Waals surface area contributed by atoms with Crippen molar-refractivity contribution in [3.8, 4) is 0 Å². The van der Waals surface area contributed by atoms with Gasteiger partial charge in [-0.3, -0.25) is 14.5 Å². The second-order valence-electron chi connectivity index (χ2n) is 12.1. The lowest BCUT2D eigenvalue weighted by Gasteiger charge is -2.53. The minimum atomic E-state index is -0.572. The molecule has 2 N–H and O–H groups in total. The summed E-state index contributed by atoms with van der Waals surface area (Å²) < 4.78 is 25.5. The van der Waals surface area contributed by atoms with E-state index in [1.807, 2.05) is 58.9 Å². The predicted octanol–water partition coefficient (Wildman–Crippen LogP) is 9.21. The molecule has 1 saturated heterocycles. The van der Waals surface area contributed by atoms with E-state index in [1.165, 1.54) is 12.1 Å². The molecule has 5 nitrogen and oxygen atoms in total. The van der Waals surface area contributed by atoms with Crippen molar-refractivity contribution in [2.24, 2.45) is 0 Å². The first kappa shape index (κ1) is 40.0. The van der Waals surface area contributed by atoms with Gasteiger partial charge in [0.1, 0.15) is 11.6 Å². The molecule has 0 unspecified atom stereocenters. The highest BCUT2D eigenvalue weighted by atomic mass is 35.5. The minimum absolute atomic E-state index is 0.0887. The summed E-state index contributed by atoms with van der Waals surface area (Å²) in [7, 11) is 0. The third-order valence-electron chi connectivity index (χ3n) is 7.82. The fraction of sp³-hybridized carbons (Fsp3) is 0.514. The Hall–Kier alpha value is -3.03. The van der Waals surface area contributed by atoms with Crippen LogP contribution in [0.25, 0.3) is 5.57 Å². The van der Waals surface area contributed by atoms with E-state index in [0.29, 0.717) is 35.3 Å². The molecule has 8 heteroatoms. The second kappa shape index (κ2) is 18.8. The van der Waals surface area contributed by atoms with Gasteiger partial charge in [0.2, 0.25) is 11.8 Å². The number of nitrogens with one attached hydrogen (secondary N) is 2. The number of hydrogen-bond acceptors (Lipinski definition) is 3. The monoisotopic (exact) mass is 645 g/mol. The van der Waals surface area contributed by atoms with Crippen LogP contribution in [0.3, 0.4) is 0 Å². The maximum atomic E-state index is 13.1. The van der Waals surface area contributed by atoms with E-state index in [1.54, 1.807) is 19.9 Å². The summed E-state index contributed by atoms with van der Waals surface area (Å²) in [5.41, 5.74) is 1.53. The van der Waals surface area contributed by atoms with Crippen LogP contribution < -0.4 is 10.6 Å². The van der Waals surface area contributed by atoms with Gasteiger partial charge in [-0.1, -0.05) is 76.9 Å². The Morgan fingerprint density at radius 2 is 1.67 bits per heavy atom. The SMILES string of the molecule is C/C=C(\C)c1ccc(F)cc1F.C=C(C)C(=O)NC1(CC(=O)NC(C)(C)c2cccc(Cl)c2)CN(C(CCC)CCC)C1.CC. The van der Waals surface area contributed by atoms with Crippen molar-refractivity contribution < 1.29 is 18.4 Å². The Morgan fingerprint density at radius 3 is 2.16 bits per heavy atom. The average Bonchev–Trinajstić information content (AvgIpc) is 2.96. The van der Waals surface area contributed by atoms with Gasteiger partial charge in [0.25, 0.3) is 0 Å². The van der Waals surface area contributed by atoms with Crippen molar-refractivity contribution in [2.75, 3.05) is 13.1 Å². The molecule has 2 aromatic rings. The summed E-state index contributed by atoms with van der Waals surface area (Å²) in [5.74, 6) is -1.33. The van der Waals surface area contributed by atoms with Gasteiger partial charge in [0, 0.05) is 41.4 Å². The molecule has 0 radical (unpaired) electrons. The van der Waals surface area contributed by atoms with E-state index in [9.17, 15) is 18.4 Å². The number of benzene rings is 2. The summed E-state index contributed by atoms with van der Waals surface area (Å²) in [6.07, 6.45) is 6.54. The molecule has 0 atom stereocenters. The summed E-state index contributed by atoms with van der Waals surface area (Å²) in [5, 5.41) is 6.87. The van der Waals surface area contributed by atoms with Gasteiger partial charge in [0.15, 0.2) is 0 Å². The molecule has 2 aromatic carbocycles. The van der Waals surface area contributed by atoms with Crippen LogP contribution in [0.15, 0.2) is 60.7 Å². The van der Waals surface area contributed by atoms with Crippen molar-refractivity contribution in [1.82, 2.24) is 15.5 Å². The highest BCUT2D eigenvalue weighted by Crippen LogP contribution is 2.31. The maximum absolute atomic E-state index is 13.1. The fourth-order valence-corrected chi connectivity index (χ4v) is 5.55. The van der Waals surface area contributed by atoms with Crippen LogP contribution in [0, 0.1) is 11.6 Å². The number of carbonyl (C=O) groups excluding carboxylic acids is 2. The molecule has 1 aliphatic heterocycles. The van der Waals surface area contributed by atoms with Gasteiger partial charge >= 0.3 is 0 Å². The van der Waals surface area contributed by atoms with Crippen molar-refractivity contribution in [3.63, 3.8) is 0 Å². The van der Waals surface area contributed by atoms with Crippen LogP contribution in [0.5, 0.6) is 0 Å². The molecule has 250 valence electrons. The second-order valence-corrected chi connectivity index (χ2v) is 12.5. The van der Waals surface area contributed by atoms with E-state index >= 15 is 0 Å². The zero-order chi connectivity index (χ0) is 34.4. The van der Waals surface area contributed by atoms with Crippen molar-refractivity contribution in [2.45, 2.75) is 112 Å². The van der Waals surface area contributed by atoms with Gasteiger partial charge in [-0.15, -0.1) is 0 Å².